The number of anilines is 1. The van der Waals surface area contributed by atoms with Gasteiger partial charge in [-0.25, -0.2) is 0 Å². The largest absolute Gasteiger partial charge is 0.373 e. The summed E-state index contributed by atoms with van der Waals surface area (Å²) in [6.07, 6.45) is 0. The Labute approximate surface area is 133 Å². The summed E-state index contributed by atoms with van der Waals surface area (Å²) in [7, 11) is 3.60. The first-order valence-electron chi connectivity index (χ1n) is 7.59. The Morgan fingerprint density at radius 2 is 1.59 bits per heavy atom. The predicted molar refractivity (Wildman–Crippen MR) is 92.1 cm³/mol. The Balaban J connectivity index is 2.32. The Morgan fingerprint density at radius 1 is 1.00 bits per heavy atom. The van der Waals surface area contributed by atoms with E-state index in [0.29, 0.717) is 0 Å². The lowest BCUT2D eigenvalue weighted by Crippen LogP contribution is -2.42. The second-order valence-corrected chi connectivity index (χ2v) is 5.87. The molecule has 116 valence electrons. The molecule has 2 rings (SSSR count). The third kappa shape index (κ3) is 3.67. The van der Waals surface area contributed by atoms with Crippen LogP contribution in [0, 0.1) is 6.92 Å². The van der Waals surface area contributed by atoms with Crippen molar-refractivity contribution in [3.05, 3.63) is 65.7 Å². The van der Waals surface area contributed by atoms with E-state index in [1.807, 2.05) is 42.5 Å². The van der Waals surface area contributed by atoms with E-state index in [1.54, 1.807) is 19.0 Å². The number of benzene rings is 2. The van der Waals surface area contributed by atoms with Crippen LogP contribution in [0.4, 0.5) is 5.69 Å². The molecule has 0 fully saturated rings. The molecule has 0 aromatic heterocycles. The van der Waals surface area contributed by atoms with E-state index < -0.39 is 0 Å². The van der Waals surface area contributed by atoms with Gasteiger partial charge in [-0.1, -0.05) is 49.4 Å². The molecule has 22 heavy (non-hydrogen) atoms. The number of aryl methyl sites for hydroxylation is 1. The van der Waals surface area contributed by atoms with E-state index in [1.165, 1.54) is 11.1 Å². The number of para-hydroxylation sites is 1. The normalized spacial score (nSPS) is 13.3. The fourth-order valence-electron chi connectivity index (χ4n) is 2.67. The molecule has 0 aliphatic carbocycles. The van der Waals surface area contributed by atoms with Crippen LogP contribution in [0.5, 0.6) is 0 Å². The maximum absolute atomic E-state index is 12.6. The topological polar surface area (TPSA) is 32.3 Å². The third-order valence-corrected chi connectivity index (χ3v) is 3.98. The molecule has 0 radical (unpaired) electrons. The molecule has 1 amide bonds. The molecule has 2 aromatic rings. The Kier molecular flexibility index (Phi) is 5.21. The lowest BCUT2D eigenvalue weighted by molar-refractivity contribution is -0.129. The number of rotatable bonds is 5. The first kappa shape index (κ1) is 16.1. The molecule has 3 heteroatoms. The summed E-state index contributed by atoms with van der Waals surface area (Å²) in [5.41, 5.74) is 3.37. The fraction of sp³-hybridized carbons (Fsp3) is 0.316. The van der Waals surface area contributed by atoms with Gasteiger partial charge in [0, 0.05) is 25.7 Å². The van der Waals surface area contributed by atoms with Crippen molar-refractivity contribution in [1.82, 2.24) is 4.90 Å². The monoisotopic (exact) mass is 296 g/mol. The molecule has 0 aliphatic heterocycles. The number of likely N-dealkylation sites (N-methyl/N-ethyl adjacent to an activating group) is 1. The van der Waals surface area contributed by atoms with Crippen LogP contribution in [0.25, 0.3) is 0 Å². The van der Waals surface area contributed by atoms with E-state index >= 15 is 0 Å². The minimum atomic E-state index is -0.293. The first-order chi connectivity index (χ1) is 10.5. The highest BCUT2D eigenvalue weighted by Gasteiger charge is 2.28. The number of carbonyl (C=O) groups is 1. The molecule has 3 nitrogen and oxygen atoms in total. The van der Waals surface area contributed by atoms with Gasteiger partial charge in [0.15, 0.2) is 0 Å². The molecule has 0 heterocycles. The number of hydrogen-bond acceptors (Lipinski definition) is 2. The quantitative estimate of drug-likeness (QED) is 0.913. The van der Waals surface area contributed by atoms with Crippen molar-refractivity contribution in [2.24, 2.45) is 0 Å². The average Bonchev–Trinajstić information content (AvgIpc) is 2.52. The summed E-state index contributed by atoms with van der Waals surface area (Å²) in [4.78, 5) is 14.3. The minimum Gasteiger partial charge on any atom is -0.373 e. The van der Waals surface area contributed by atoms with Gasteiger partial charge in [0.1, 0.15) is 6.04 Å². The van der Waals surface area contributed by atoms with Crippen LogP contribution in [0.2, 0.25) is 0 Å². The third-order valence-electron chi connectivity index (χ3n) is 3.98. The van der Waals surface area contributed by atoms with Gasteiger partial charge in [-0.15, -0.1) is 0 Å². The summed E-state index contributed by atoms with van der Waals surface area (Å²) in [5.74, 6) is 0.163. The van der Waals surface area contributed by atoms with Crippen LogP contribution in [0.3, 0.4) is 0 Å². The molecule has 0 aliphatic rings. The Morgan fingerprint density at radius 3 is 2.18 bits per heavy atom. The molecule has 0 bridgehead atoms. The molecular weight excluding hydrogens is 272 g/mol. The number of nitrogens with zero attached hydrogens (tertiary/aromatic N) is 1. The standard InChI is InChI=1S/C19H24N2O/c1-14-10-8-9-13-17(14)15(2)18(19(22)21(3)4)20-16-11-6-5-7-12-16/h5-13,15,18,20H,1-4H3/t15-,18-/m0/s1. The van der Waals surface area contributed by atoms with E-state index in [2.05, 4.69) is 31.3 Å². The van der Waals surface area contributed by atoms with E-state index in [4.69, 9.17) is 0 Å². The summed E-state index contributed by atoms with van der Waals surface area (Å²) in [5, 5.41) is 3.39. The van der Waals surface area contributed by atoms with Crippen molar-refractivity contribution in [1.29, 1.82) is 0 Å². The van der Waals surface area contributed by atoms with Crippen molar-refractivity contribution in [2.75, 3.05) is 19.4 Å². The molecule has 0 saturated heterocycles. The zero-order valence-electron chi connectivity index (χ0n) is 13.7. The van der Waals surface area contributed by atoms with Gasteiger partial charge in [0.2, 0.25) is 5.91 Å². The SMILES string of the molecule is Cc1ccccc1[C@H](C)[C@H](Nc1ccccc1)C(=O)N(C)C. The smallest absolute Gasteiger partial charge is 0.245 e. The maximum atomic E-state index is 12.6. The zero-order chi connectivity index (χ0) is 16.1. The van der Waals surface area contributed by atoms with Crippen molar-refractivity contribution in [2.45, 2.75) is 25.8 Å². The predicted octanol–water partition coefficient (Wildman–Crippen LogP) is 3.67. The fourth-order valence-corrected chi connectivity index (χ4v) is 2.67. The number of amides is 1. The number of hydrogen-bond donors (Lipinski definition) is 1. The summed E-state index contributed by atoms with van der Waals surface area (Å²) < 4.78 is 0. The maximum Gasteiger partial charge on any atom is 0.245 e. The van der Waals surface area contributed by atoms with Crippen molar-refractivity contribution in [3.63, 3.8) is 0 Å². The highest BCUT2D eigenvalue weighted by molar-refractivity contribution is 5.85. The van der Waals surface area contributed by atoms with Crippen LogP contribution in [-0.2, 0) is 4.79 Å². The van der Waals surface area contributed by atoms with Gasteiger partial charge in [-0.05, 0) is 30.2 Å². The van der Waals surface area contributed by atoms with Crippen LogP contribution in [0.15, 0.2) is 54.6 Å². The van der Waals surface area contributed by atoms with E-state index in [9.17, 15) is 4.79 Å². The van der Waals surface area contributed by atoms with Gasteiger partial charge < -0.3 is 10.2 Å². The second-order valence-electron chi connectivity index (χ2n) is 5.87. The molecular formula is C19H24N2O. The van der Waals surface area contributed by atoms with E-state index in [-0.39, 0.29) is 17.9 Å². The van der Waals surface area contributed by atoms with Crippen molar-refractivity contribution >= 4 is 11.6 Å². The van der Waals surface area contributed by atoms with Crippen LogP contribution >= 0.6 is 0 Å². The van der Waals surface area contributed by atoms with Crippen LogP contribution in [0.1, 0.15) is 24.0 Å². The van der Waals surface area contributed by atoms with Gasteiger partial charge >= 0.3 is 0 Å². The Hall–Kier alpha value is -2.29. The first-order valence-corrected chi connectivity index (χ1v) is 7.59. The molecule has 0 unspecified atom stereocenters. The number of carbonyl (C=O) groups excluding carboxylic acids is 1. The molecule has 1 N–H and O–H groups in total. The second kappa shape index (κ2) is 7.12. The minimum absolute atomic E-state index is 0.0799. The molecule has 0 saturated carbocycles. The molecule has 0 spiro atoms. The highest BCUT2D eigenvalue weighted by Crippen LogP contribution is 2.26. The average molecular weight is 296 g/mol. The lowest BCUT2D eigenvalue weighted by atomic mass is 9.89. The van der Waals surface area contributed by atoms with Crippen LogP contribution in [-0.4, -0.2) is 30.9 Å². The highest BCUT2D eigenvalue weighted by atomic mass is 16.2. The molecule has 2 atom stereocenters. The lowest BCUT2D eigenvalue weighted by Gasteiger charge is -2.29. The summed E-state index contributed by atoms with van der Waals surface area (Å²) in [6.45, 7) is 4.19. The van der Waals surface area contributed by atoms with Gasteiger partial charge in [0.05, 0.1) is 0 Å². The summed E-state index contributed by atoms with van der Waals surface area (Å²) in [6, 6.07) is 17.8. The van der Waals surface area contributed by atoms with Crippen LogP contribution < -0.4 is 5.32 Å². The zero-order valence-corrected chi connectivity index (χ0v) is 13.7. The summed E-state index contributed by atoms with van der Waals surface area (Å²) >= 11 is 0. The van der Waals surface area contributed by atoms with Crippen molar-refractivity contribution in [3.8, 4) is 0 Å². The van der Waals surface area contributed by atoms with Gasteiger partial charge in [-0.2, -0.15) is 0 Å². The van der Waals surface area contributed by atoms with Crippen molar-refractivity contribution < 1.29 is 4.79 Å². The molecule has 2 aromatic carbocycles. The number of nitrogens with one attached hydrogen (secondary N) is 1. The van der Waals surface area contributed by atoms with Gasteiger partial charge in [0.25, 0.3) is 0 Å². The van der Waals surface area contributed by atoms with Gasteiger partial charge in [-0.3, -0.25) is 4.79 Å². The Bertz CT molecular complexity index is 622. The van der Waals surface area contributed by atoms with E-state index in [0.717, 1.165) is 5.69 Å².